The number of hydrogen-bond donors (Lipinski definition) is 2. The van der Waals surface area contributed by atoms with Crippen LogP contribution < -0.4 is 14.8 Å². The average Bonchev–Trinajstić information content (AvgIpc) is 3.00. The number of hydrogen-bond acceptors (Lipinski definition) is 7. The third kappa shape index (κ3) is 6.41. The Bertz CT molecular complexity index is 2050. The van der Waals surface area contributed by atoms with Crippen molar-refractivity contribution < 1.29 is 22.7 Å². The fourth-order valence-corrected chi connectivity index (χ4v) is 5.69. The predicted octanol–water partition coefficient (Wildman–Crippen LogP) is 7.34. The number of sulfonamides is 1. The monoisotopic (exact) mass is 622 g/mol. The number of benzene rings is 4. The highest BCUT2D eigenvalue weighted by Gasteiger charge is 2.33. The summed E-state index contributed by atoms with van der Waals surface area (Å²) in [5, 5.41) is 3.36. The highest BCUT2D eigenvalue weighted by Crippen LogP contribution is 2.46. The molecular weight excluding hydrogens is 588 g/mol. The summed E-state index contributed by atoms with van der Waals surface area (Å²) in [5.41, 5.74) is 2.89. The van der Waals surface area contributed by atoms with E-state index in [4.69, 9.17) is 14.7 Å². The number of fused-ring (bicyclic) bond motifs is 2. The molecule has 1 aliphatic rings. The molecule has 9 nitrogen and oxygen atoms in total. The molecule has 1 heterocycles. The van der Waals surface area contributed by atoms with E-state index in [2.05, 4.69) is 10.0 Å². The number of rotatable bonds is 6. The molecule has 230 valence electrons. The number of amides is 1. The van der Waals surface area contributed by atoms with Crippen molar-refractivity contribution in [2.24, 2.45) is 0 Å². The van der Waals surface area contributed by atoms with Gasteiger partial charge in [-0.25, -0.2) is 18.4 Å². The van der Waals surface area contributed by atoms with Crippen molar-refractivity contribution in [1.29, 1.82) is 0 Å². The first kappa shape index (κ1) is 31.3. The second-order valence-electron chi connectivity index (χ2n) is 11.2. The quantitative estimate of drug-likeness (QED) is 0.199. The maximum Gasteiger partial charge on any atom is 0.255 e. The van der Waals surface area contributed by atoms with Gasteiger partial charge < -0.3 is 10.1 Å². The maximum atomic E-state index is 14.1. The van der Waals surface area contributed by atoms with Crippen LogP contribution in [0.1, 0.15) is 60.9 Å². The number of carbonyl (C=O) groups excluding carboxylic acids is 2. The van der Waals surface area contributed by atoms with Crippen LogP contribution in [0.25, 0.3) is 33.5 Å². The third-order valence-electron chi connectivity index (χ3n) is 6.75. The van der Waals surface area contributed by atoms with Gasteiger partial charge in [0.2, 0.25) is 10.0 Å². The molecule has 0 spiro atoms. The van der Waals surface area contributed by atoms with Crippen LogP contribution in [0.5, 0.6) is 5.75 Å². The van der Waals surface area contributed by atoms with Gasteiger partial charge in [0, 0.05) is 33.7 Å². The van der Waals surface area contributed by atoms with Gasteiger partial charge in [0.1, 0.15) is 16.9 Å². The Hall–Kier alpha value is -5.09. The van der Waals surface area contributed by atoms with Crippen LogP contribution in [0.4, 0.5) is 11.4 Å². The summed E-state index contributed by atoms with van der Waals surface area (Å²) in [6.07, 6.45) is 1.07. The molecule has 0 unspecified atom stereocenters. The van der Waals surface area contributed by atoms with Gasteiger partial charge >= 0.3 is 0 Å². The Morgan fingerprint density at radius 3 is 2.04 bits per heavy atom. The second kappa shape index (κ2) is 12.1. The molecule has 4 aromatic carbocycles. The van der Waals surface area contributed by atoms with Gasteiger partial charge in [-0.1, -0.05) is 68.4 Å². The van der Waals surface area contributed by atoms with Crippen molar-refractivity contribution in [3.63, 3.8) is 0 Å². The molecule has 0 saturated heterocycles. The lowest BCUT2D eigenvalue weighted by Gasteiger charge is -2.27. The Kier molecular flexibility index (Phi) is 8.44. The minimum Gasteiger partial charge on any atom is -0.486 e. The summed E-state index contributed by atoms with van der Waals surface area (Å²) in [7, 11) is -3.60. The molecule has 1 aliphatic carbocycles. The molecule has 0 saturated carbocycles. The number of ketones is 1. The fraction of sp³-hybridized carbons (Fsp3) is 0.200. The van der Waals surface area contributed by atoms with Crippen molar-refractivity contribution in [2.75, 3.05) is 16.3 Å². The topological polar surface area (TPSA) is 127 Å². The van der Waals surface area contributed by atoms with Crippen molar-refractivity contribution in [1.82, 2.24) is 9.97 Å². The lowest BCUT2D eigenvalue weighted by atomic mass is 9.85. The molecule has 1 amide bonds. The lowest BCUT2D eigenvalue weighted by molar-refractivity contribution is 0.102. The van der Waals surface area contributed by atoms with E-state index in [-0.39, 0.29) is 28.8 Å². The summed E-state index contributed by atoms with van der Waals surface area (Å²) >= 11 is 0. The summed E-state index contributed by atoms with van der Waals surface area (Å²) in [6.45, 7) is 9.65. The summed E-state index contributed by atoms with van der Waals surface area (Å²) < 4.78 is 33.3. The first-order chi connectivity index (χ1) is 21.4. The first-order valence-corrected chi connectivity index (χ1v) is 16.4. The van der Waals surface area contributed by atoms with E-state index >= 15 is 0 Å². The summed E-state index contributed by atoms with van der Waals surface area (Å²) in [4.78, 5) is 37.2. The first-order valence-electron chi connectivity index (χ1n) is 14.5. The van der Waals surface area contributed by atoms with Crippen molar-refractivity contribution in [2.45, 2.75) is 40.2 Å². The van der Waals surface area contributed by atoms with E-state index < -0.39 is 15.6 Å². The largest absolute Gasteiger partial charge is 0.486 e. The number of aromatic nitrogens is 2. The molecule has 1 aromatic heterocycles. The minimum atomic E-state index is -3.60. The minimum absolute atomic E-state index is 0.240. The SMILES string of the molecule is CC.CC(C)(C)Oc1cc(NC(=O)c2ccccc2)c2c3c(nc(-c4ccccc4NS(C)(=O)=O)nc13)-c1ccccc1C2=O. The van der Waals surface area contributed by atoms with E-state index in [1.807, 2.05) is 52.8 Å². The molecular formula is C35H34N4O5S. The third-order valence-corrected chi connectivity index (χ3v) is 7.35. The van der Waals surface area contributed by atoms with Gasteiger partial charge in [-0.2, -0.15) is 0 Å². The number of nitrogens with zero attached hydrogens (tertiary/aromatic N) is 2. The van der Waals surface area contributed by atoms with E-state index in [1.165, 1.54) is 0 Å². The van der Waals surface area contributed by atoms with Crippen LogP contribution >= 0.6 is 0 Å². The van der Waals surface area contributed by atoms with Crippen LogP contribution in [0.15, 0.2) is 84.9 Å². The molecule has 2 N–H and O–H groups in total. The highest BCUT2D eigenvalue weighted by atomic mass is 32.2. The number of nitrogens with one attached hydrogen (secondary N) is 2. The maximum absolute atomic E-state index is 14.1. The number of ether oxygens (including phenoxy) is 1. The number of para-hydroxylation sites is 1. The zero-order chi connectivity index (χ0) is 32.5. The zero-order valence-corrected chi connectivity index (χ0v) is 26.7. The Labute approximate surface area is 262 Å². The molecule has 45 heavy (non-hydrogen) atoms. The summed E-state index contributed by atoms with van der Waals surface area (Å²) in [5.74, 6) is -0.0943. The Morgan fingerprint density at radius 2 is 1.40 bits per heavy atom. The highest BCUT2D eigenvalue weighted by molar-refractivity contribution is 7.92. The molecule has 0 atom stereocenters. The van der Waals surface area contributed by atoms with Crippen molar-refractivity contribution in [3.05, 3.63) is 102 Å². The molecule has 6 rings (SSSR count). The van der Waals surface area contributed by atoms with Crippen molar-refractivity contribution >= 4 is 44.0 Å². The Balaban J connectivity index is 0.00000196. The smallest absolute Gasteiger partial charge is 0.255 e. The van der Waals surface area contributed by atoms with E-state index in [0.717, 1.165) is 6.26 Å². The number of anilines is 2. The Morgan fingerprint density at radius 1 is 0.800 bits per heavy atom. The van der Waals surface area contributed by atoms with Crippen LogP contribution in [0, 0.1) is 0 Å². The van der Waals surface area contributed by atoms with Crippen LogP contribution in [-0.4, -0.2) is 41.9 Å². The molecule has 10 heteroatoms. The van der Waals surface area contributed by atoms with Crippen LogP contribution in [-0.2, 0) is 10.0 Å². The van der Waals surface area contributed by atoms with Crippen molar-refractivity contribution in [3.8, 4) is 28.4 Å². The average molecular weight is 623 g/mol. The molecule has 5 aromatic rings. The standard InChI is InChI=1S/C33H28N4O5S.C2H6/c1-33(2,3)42-25-18-24(34-32(39)19-12-6-5-7-13-19)26-27-28(20-14-8-9-15-21(20)30(26)38)35-31(36-29(25)27)22-16-10-11-17-23(22)37-43(4,40)41;1-2/h5-18,37H,1-4H3,(H,34,39);1-2H3. The van der Waals surface area contributed by atoms with Crippen LogP contribution in [0.3, 0.4) is 0 Å². The molecule has 0 bridgehead atoms. The van der Waals surface area contributed by atoms with E-state index in [1.54, 1.807) is 66.7 Å². The van der Waals surface area contributed by atoms with Crippen LogP contribution in [0.2, 0.25) is 0 Å². The van der Waals surface area contributed by atoms with Gasteiger partial charge in [0.25, 0.3) is 5.91 Å². The number of carbonyl (C=O) groups is 2. The lowest BCUT2D eigenvalue weighted by Crippen LogP contribution is -2.24. The van der Waals surface area contributed by atoms with Gasteiger partial charge in [0.05, 0.1) is 28.9 Å². The van der Waals surface area contributed by atoms with E-state index in [9.17, 15) is 18.0 Å². The second-order valence-corrected chi connectivity index (χ2v) is 13.0. The fourth-order valence-electron chi connectivity index (χ4n) is 5.11. The van der Waals surface area contributed by atoms with Gasteiger partial charge in [-0.15, -0.1) is 0 Å². The van der Waals surface area contributed by atoms with Gasteiger partial charge in [-0.3, -0.25) is 14.3 Å². The normalized spacial score (nSPS) is 12.1. The zero-order valence-electron chi connectivity index (χ0n) is 25.9. The van der Waals surface area contributed by atoms with E-state index in [0.29, 0.717) is 50.3 Å². The molecule has 0 radical (unpaired) electrons. The predicted molar refractivity (Wildman–Crippen MR) is 178 cm³/mol. The molecule has 0 fully saturated rings. The van der Waals surface area contributed by atoms with Gasteiger partial charge in [0.15, 0.2) is 11.6 Å². The summed E-state index contributed by atoms with van der Waals surface area (Å²) in [6, 6.07) is 24.3. The molecule has 0 aliphatic heterocycles. The van der Waals surface area contributed by atoms with Gasteiger partial charge in [-0.05, 0) is 45.0 Å².